The van der Waals surface area contributed by atoms with E-state index in [0.29, 0.717) is 16.7 Å². The molecule has 2 aromatic heterocycles. The van der Waals surface area contributed by atoms with Gasteiger partial charge < -0.3 is 4.42 Å². The second-order valence-electron chi connectivity index (χ2n) is 3.85. The molecular formula is C12H13N5O2S2. The average Bonchev–Trinajstić information content (AvgIpc) is 3.07. The predicted octanol–water partition coefficient (Wildman–Crippen LogP) is 1.56. The first-order valence-electron chi connectivity index (χ1n) is 5.89. The lowest BCUT2D eigenvalue weighted by molar-refractivity contribution is -0.115. The van der Waals surface area contributed by atoms with E-state index in [2.05, 4.69) is 20.9 Å². The van der Waals surface area contributed by atoms with E-state index in [-0.39, 0.29) is 11.0 Å². The molecule has 0 aromatic carbocycles. The number of rotatable bonds is 4. The maximum atomic E-state index is 11.7. The van der Waals surface area contributed by atoms with Gasteiger partial charge >= 0.3 is 0 Å². The molecule has 2 N–H and O–H groups in total. The average molecular weight is 323 g/mol. The Kier molecular flexibility index (Phi) is 5.12. The van der Waals surface area contributed by atoms with Gasteiger partial charge in [-0.3, -0.25) is 15.5 Å². The van der Waals surface area contributed by atoms with Crippen molar-refractivity contribution in [3.63, 3.8) is 0 Å². The number of hydrogen-bond acceptors (Lipinski definition) is 6. The van der Waals surface area contributed by atoms with E-state index in [1.807, 2.05) is 6.26 Å². The first-order valence-corrected chi connectivity index (χ1v) is 7.53. The molecule has 0 unspecified atom stereocenters. The summed E-state index contributed by atoms with van der Waals surface area (Å²) in [6.07, 6.45) is 6.29. The zero-order valence-electron chi connectivity index (χ0n) is 11.4. The summed E-state index contributed by atoms with van der Waals surface area (Å²) in [5, 5.41) is 11.2. The van der Waals surface area contributed by atoms with Gasteiger partial charge in [-0.15, -0.1) is 10.2 Å². The van der Waals surface area contributed by atoms with Crippen LogP contribution in [0.3, 0.4) is 0 Å². The van der Waals surface area contributed by atoms with E-state index >= 15 is 0 Å². The zero-order valence-corrected chi connectivity index (χ0v) is 13.0. The first-order chi connectivity index (χ1) is 10.1. The van der Waals surface area contributed by atoms with Crippen LogP contribution in [0.1, 0.15) is 11.6 Å². The van der Waals surface area contributed by atoms with Crippen LogP contribution in [-0.4, -0.2) is 32.1 Å². The molecule has 2 heterocycles. The second-order valence-corrected chi connectivity index (χ2v) is 5.03. The largest absolute Gasteiger partial charge is 0.465 e. The molecule has 0 atom stereocenters. The van der Waals surface area contributed by atoms with E-state index in [0.717, 1.165) is 0 Å². The monoisotopic (exact) mass is 323 g/mol. The smallest absolute Gasteiger partial charge is 0.250 e. The summed E-state index contributed by atoms with van der Waals surface area (Å²) in [6.45, 7) is 1.78. The molecule has 0 aliphatic heterocycles. The summed E-state index contributed by atoms with van der Waals surface area (Å²) in [4.78, 5) is 11.7. The number of thioether (sulfide) groups is 1. The molecule has 0 spiro atoms. The van der Waals surface area contributed by atoms with Crippen LogP contribution in [0, 0.1) is 6.92 Å². The minimum Gasteiger partial charge on any atom is -0.465 e. The molecule has 7 nitrogen and oxygen atoms in total. The Hall–Kier alpha value is -2.13. The highest BCUT2D eigenvalue weighted by molar-refractivity contribution is 7.98. The van der Waals surface area contributed by atoms with Crippen LogP contribution in [0.5, 0.6) is 0 Å². The van der Waals surface area contributed by atoms with E-state index in [4.69, 9.17) is 16.6 Å². The first kappa shape index (κ1) is 15.3. The number of hydrogen-bond donors (Lipinski definition) is 2. The van der Waals surface area contributed by atoms with Crippen molar-refractivity contribution in [2.45, 2.75) is 12.1 Å². The minimum absolute atomic E-state index is 0.155. The molecule has 0 bridgehead atoms. The maximum absolute atomic E-state index is 11.7. The number of nitrogens with one attached hydrogen (secondary N) is 2. The number of nitrogens with zero attached hydrogens (tertiary/aromatic N) is 3. The molecule has 0 aliphatic carbocycles. The summed E-state index contributed by atoms with van der Waals surface area (Å²) in [5.74, 6) is 0.866. The summed E-state index contributed by atoms with van der Waals surface area (Å²) < 4.78 is 6.68. The van der Waals surface area contributed by atoms with Gasteiger partial charge in [0.2, 0.25) is 11.1 Å². The Balaban J connectivity index is 1.92. The topological polar surface area (TPSA) is 85.0 Å². The van der Waals surface area contributed by atoms with Gasteiger partial charge in [0.1, 0.15) is 11.6 Å². The lowest BCUT2D eigenvalue weighted by Gasteiger charge is -2.11. The third kappa shape index (κ3) is 4.17. The van der Waals surface area contributed by atoms with E-state index in [1.165, 1.54) is 24.1 Å². The van der Waals surface area contributed by atoms with Gasteiger partial charge in [0.25, 0.3) is 0 Å². The predicted molar refractivity (Wildman–Crippen MR) is 84.4 cm³/mol. The van der Waals surface area contributed by atoms with Crippen molar-refractivity contribution in [3.8, 4) is 0 Å². The Morgan fingerprint density at radius 2 is 2.33 bits per heavy atom. The van der Waals surface area contributed by atoms with Crippen LogP contribution < -0.4 is 10.7 Å². The molecular weight excluding hydrogens is 310 g/mol. The number of carbonyl (C=O) groups excluding carboxylic acids is 1. The van der Waals surface area contributed by atoms with Crippen LogP contribution in [0.4, 0.5) is 0 Å². The van der Waals surface area contributed by atoms with Crippen molar-refractivity contribution < 1.29 is 9.21 Å². The Bertz CT molecular complexity index is 663. The maximum Gasteiger partial charge on any atom is 0.250 e. The molecule has 2 aromatic rings. The minimum atomic E-state index is -0.361. The van der Waals surface area contributed by atoms with E-state index < -0.39 is 0 Å². The zero-order chi connectivity index (χ0) is 15.2. The molecule has 2 rings (SSSR count). The second kappa shape index (κ2) is 7.04. The van der Waals surface area contributed by atoms with Crippen LogP contribution in [-0.2, 0) is 4.79 Å². The van der Waals surface area contributed by atoms with Crippen LogP contribution >= 0.6 is 24.0 Å². The van der Waals surface area contributed by atoms with Crippen LogP contribution in [0.25, 0.3) is 6.08 Å². The van der Waals surface area contributed by atoms with Crippen molar-refractivity contribution >= 4 is 41.1 Å². The molecule has 0 radical (unpaired) electrons. The van der Waals surface area contributed by atoms with Gasteiger partial charge in [-0.05, 0) is 43.6 Å². The van der Waals surface area contributed by atoms with Crippen LogP contribution in [0.2, 0.25) is 0 Å². The highest BCUT2D eigenvalue weighted by Gasteiger charge is 2.09. The van der Waals surface area contributed by atoms with Gasteiger partial charge in [0.05, 0.1) is 6.26 Å². The number of carbonyl (C=O) groups is 1. The fraction of sp³-hybridized carbons (Fsp3) is 0.167. The van der Waals surface area contributed by atoms with Crippen molar-refractivity contribution in [1.82, 2.24) is 20.2 Å². The van der Waals surface area contributed by atoms with E-state index in [1.54, 1.807) is 29.8 Å². The van der Waals surface area contributed by atoms with E-state index in [9.17, 15) is 4.79 Å². The molecule has 9 heteroatoms. The third-order valence-electron chi connectivity index (χ3n) is 2.37. The summed E-state index contributed by atoms with van der Waals surface area (Å²) in [6, 6.07) is 3.48. The van der Waals surface area contributed by atoms with Crippen molar-refractivity contribution in [2.75, 3.05) is 11.7 Å². The van der Waals surface area contributed by atoms with Crippen molar-refractivity contribution in [2.24, 2.45) is 0 Å². The standard InChI is InChI=1S/C12H13N5O2S2/c1-8-14-15-12(21-2)17(8)16-11(20)13-10(18)6-5-9-4-3-7-19-9/h3-7H,1-2H3,(H2,13,16,18,20)/b6-5+. The summed E-state index contributed by atoms with van der Waals surface area (Å²) in [5.41, 5.74) is 2.85. The molecule has 0 aliphatic rings. The Morgan fingerprint density at radius 1 is 1.52 bits per heavy atom. The van der Waals surface area contributed by atoms with Crippen molar-refractivity contribution in [3.05, 3.63) is 36.1 Å². The molecule has 110 valence electrons. The normalized spacial score (nSPS) is 10.8. The van der Waals surface area contributed by atoms with Crippen molar-refractivity contribution in [1.29, 1.82) is 0 Å². The quantitative estimate of drug-likeness (QED) is 0.502. The molecule has 0 saturated carbocycles. The van der Waals surface area contributed by atoms with Gasteiger partial charge in [0, 0.05) is 6.08 Å². The fourth-order valence-corrected chi connectivity index (χ4v) is 2.11. The van der Waals surface area contributed by atoms with Gasteiger partial charge in [-0.25, -0.2) is 4.68 Å². The fourth-order valence-electron chi connectivity index (χ4n) is 1.43. The highest BCUT2D eigenvalue weighted by Crippen LogP contribution is 2.10. The number of furan rings is 1. The highest BCUT2D eigenvalue weighted by atomic mass is 32.2. The third-order valence-corrected chi connectivity index (χ3v) is 3.19. The number of aromatic nitrogens is 3. The summed E-state index contributed by atoms with van der Waals surface area (Å²) >= 11 is 6.49. The number of amides is 1. The number of thiocarbonyl (C=S) groups is 1. The molecule has 0 saturated heterocycles. The lowest BCUT2D eigenvalue weighted by atomic mass is 10.4. The SMILES string of the molecule is CSc1nnc(C)n1NC(=S)NC(=O)/C=C/c1ccco1. The van der Waals surface area contributed by atoms with Crippen LogP contribution in [0.15, 0.2) is 34.0 Å². The Morgan fingerprint density at radius 3 is 3.00 bits per heavy atom. The van der Waals surface area contributed by atoms with Gasteiger partial charge in [-0.1, -0.05) is 11.8 Å². The summed E-state index contributed by atoms with van der Waals surface area (Å²) in [7, 11) is 0. The molecule has 21 heavy (non-hydrogen) atoms. The molecule has 1 amide bonds. The Labute approximate surface area is 130 Å². The van der Waals surface area contributed by atoms with Gasteiger partial charge in [-0.2, -0.15) is 0 Å². The lowest BCUT2D eigenvalue weighted by Crippen LogP contribution is -2.37. The van der Waals surface area contributed by atoms with Gasteiger partial charge in [0.15, 0.2) is 5.11 Å². The molecule has 0 fully saturated rings. The number of aryl methyl sites for hydroxylation is 1.